The van der Waals surface area contributed by atoms with Crippen LogP contribution in [0.3, 0.4) is 0 Å². The van der Waals surface area contributed by atoms with Crippen molar-refractivity contribution in [3.63, 3.8) is 0 Å². The van der Waals surface area contributed by atoms with Gasteiger partial charge >= 0.3 is 0 Å². The minimum atomic E-state index is 0.257. The van der Waals surface area contributed by atoms with Gasteiger partial charge in [0, 0.05) is 19.5 Å². The lowest BCUT2D eigenvalue weighted by Gasteiger charge is -2.44. The third-order valence-corrected chi connectivity index (χ3v) is 4.34. The average molecular weight is 224 g/mol. The summed E-state index contributed by atoms with van der Waals surface area (Å²) in [4.78, 5) is 14.0. The second kappa shape index (κ2) is 4.34. The van der Waals surface area contributed by atoms with Crippen molar-refractivity contribution in [1.82, 2.24) is 10.2 Å². The molecular weight excluding hydrogens is 204 g/mol. The summed E-state index contributed by atoms with van der Waals surface area (Å²) in [6.45, 7) is 5.02. The maximum atomic E-state index is 11.5. The zero-order chi connectivity index (χ0) is 11.0. The zero-order valence-corrected chi connectivity index (χ0v) is 9.65. The molecule has 0 saturated carbocycles. The van der Waals surface area contributed by atoms with Gasteiger partial charge in [-0.25, -0.2) is 0 Å². The Morgan fingerprint density at radius 3 is 2.88 bits per heavy atom. The Morgan fingerprint density at radius 2 is 2.12 bits per heavy atom. The SMILES string of the molecule is O=C1C[C@@H]2CCN(C3COC3)C[C@@H]2CCN1. The van der Waals surface area contributed by atoms with Gasteiger partial charge in [-0.15, -0.1) is 0 Å². The molecule has 3 fully saturated rings. The summed E-state index contributed by atoms with van der Waals surface area (Å²) in [5, 5.41) is 2.99. The predicted molar refractivity (Wildman–Crippen MR) is 60.0 cm³/mol. The number of carbonyl (C=O) groups is 1. The van der Waals surface area contributed by atoms with E-state index >= 15 is 0 Å². The molecule has 90 valence electrons. The quantitative estimate of drug-likeness (QED) is 0.693. The number of nitrogens with zero attached hydrogens (tertiary/aromatic N) is 1. The van der Waals surface area contributed by atoms with Crippen molar-refractivity contribution in [3.05, 3.63) is 0 Å². The van der Waals surface area contributed by atoms with E-state index in [1.54, 1.807) is 0 Å². The van der Waals surface area contributed by atoms with Crippen LogP contribution in [0.15, 0.2) is 0 Å². The van der Waals surface area contributed by atoms with Crippen molar-refractivity contribution in [2.45, 2.75) is 25.3 Å². The molecule has 1 amide bonds. The maximum Gasteiger partial charge on any atom is 0.220 e. The summed E-state index contributed by atoms with van der Waals surface area (Å²) in [6.07, 6.45) is 3.09. The average Bonchev–Trinajstić information content (AvgIpc) is 2.36. The molecular formula is C12H20N2O2. The first-order valence-electron chi connectivity index (χ1n) is 6.41. The summed E-state index contributed by atoms with van der Waals surface area (Å²) >= 11 is 0. The van der Waals surface area contributed by atoms with Gasteiger partial charge in [0.05, 0.1) is 19.3 Å². The van der Waals surface area contributed by atoms with Crippen molar-refractivity contribution in [1.29, 1.82) is 0 Å². The number of piperidine rings is 1. The molecule has 4 heteroatoms. The van der Waals surface area contributed by atoms with E-state index in [0.717, 1.165) is 39.1 Å². The van der Waals surface area contributed by atoms with Gasteiger partial charge in [-0.3, -0.25) is 9.69 Å². The minimum Gasteiger partial charge on any atom is -0.378 e. The van der Waals surface area contributed by atoms with E-state index in [0.29, 0.717) is 17.9 Å². The number of fused-ring (bicyclic) bond motifs is 1. The lowest BCUT2D eigenvalue weighted by atomic mass is 9.81. The lowest BCUT2D eigenvalue weighted by Crippen LogP contribution is -2.54. The van der Waals surface area contributed by atoms with Crippen LogP contribution in [0.2, 0.25) is 0 Å². The fourth-order valence-corrected chi connectivity index (χ4v) is 3.18. The highest BCUT2D eigenvalue weighted by molar-refractivity contribution is 5.76. The van der Waals surface area contributed by atoms with Crippen LogP contribution in [-0.2, 0) is 9.53 Å². The van der Waals surface area contributed by atoms with Crippen LogP contribution in [0.5, 0.6) is 0 Å². The van der Waals surface area contributed by atoms with Crippen LogP contribution in [0.25, 0.3) is 0 Å². The van der Waals surface area contributed by atoms with Crippen LogP contribution in [0.1, 0.15) is 19.3 Å². The number of carbonyl (C=O) groups excluding carboxylic acids is 1. The maximum absolute atomic E-state index is 11.5. The van der Waals surface area contributed by atoms with Gasteiger partial charge in [-0.1, -0.05) is 0 Å². The highest BCUT2D eigenvalue weighted by Gasteiger charge is 2.36. The molecule has 0 unspecified atom stereocenters. The number of ether oxygens (including phenoxy) is 1. The molecule has 0 aliphatic carbocycles. The number of nitrogens with one attached hydrogen (secondary N) is 1. The first-order valence-corrected chi connectivity index (χ1v) is 6.41. The van der Waals surface area contributed by atoms with Crippen LogP contribution in [0.4, 0.5) is 0 Å². The summed E-state index contributed by atoms with van der Waals surface area (Å²) in [7, 11) is 0. The molecule has 16 heavy (non-hydrogen) atoms. The van der Waals surface area contributed by atoms with E-state index in [1.807, 2.05) is 0 Å². The Bertz CT molecular complexity index is 278. The molecule has 2 atom stereocenters. The van der Waals surface area contributed by atoms with Gasteiger partial charge < -0.3 is 10.1 Å². The molecule has 1 N–H and O–H groups in total. The first-order chi connectivity index (χ1) is 7.83. The highest BCUT2D eigenvalue weighted by atomic mass is 16.5. The third kappa shape index (κ3) is 1.96. The van der Waals surface area contributed by atoms with Crippen LogP contribution in [0, 0.1) is 11.8 Å². The van der Waals surface area contributed by atoms with Crippen molar-refractivity contribution >= 4 is 5.91 Å². The van der Waals surface area contributed by atoms with Gasteiger partial charge in [0.2, 0.25) is 5.91 Å². The van der Waals surface area contributed by atoms with Crippen LogP contribution < -0.4 is 5.32 Å². The second-order valence-electron chi connectivity index (χ2n) is 5.34. The number of amides is 1. The van der Waals surface area contributed by atoms with E-state index in [2.05, 4.69) is 10.2 Å². The molecule has 3 saturated heterocycles. The molecule has 0 radical (unpaired) electrons. The molecule has 3 rings (SSSR count). The topological polar surface area (TPSA) is 41.6 Å². The number of hydrogen-bond acceptors (Lipinski definition) is 3. The molecule has 0 aromatic rings. The molecule has 0 aromatic heterocycles. The van der Waals surface area contributed by atoms with Gasteiger partial charge in [-0.2, -0.15) is 0 Å². The van der Waals surface area contributed by atoms with E-state index in [4.69, 9.17) is 4.74 Å². The Labute approximate surface area is 96.3 Å². The van der Waals surface area contributed by atoms with Gasteiger partial charge in [0.15, 0.2) is 0 Å². The Balaban J connectivity index is 1.62. The van der Waals surface area contributed by atoms with E-state index < -0.39 is 0 Å². The smallest absolute Gasteiger partial charge is 0.220 e. The van der Waals surface area contributed by atoms with Crippen molar-refractivity contribution in [2.75, 3.05) is 32.8 Å². The standard InChI is InChI=1S/C12H20N2O2/c15-12-5-9-2-4-14(11-7-16-8-11)6-10(9)1-3-13-12/h9-11H,1-8H2,(H,13,15)/t9-,10-/m0/s1. The van der Waals surface area contributed by atoms with Crippen LogP contribution in [-0.4, -0.2) is 49.7 Å². The van der Waals surface area contributed by atoms with E-state index in [-0.39, 0.29) is 5.91 Å². The molecule has 0 spiro atoms. The summed E-state index contributed by atoms with van der Waals surface area (Å²) in [5.41, 5.74) is 0. The van der Waals surface area contributed by atoms with Gasteiger partial charge in [0.1, 0.15) is 0 Å². The monoisotopic (exact) mass is 224 g/mol. The van der Waals surface area contributed by atoms with Gasteiger partial charge in [-0.05, 0) is 31.2 Å². The molecule has 3 aliphatic rings. The third-order valence-electron chi connectivity index (χ3n) is 4.34. The largest absolute Gasteiger partial charge is 0.378 e. The number of likely N-dealkylation sites (tertiary alicyclic amines) is 1. The predicted octanol–water partition coefficient (Wildman–Crippen LogP) is 0.233. The Hall–Kier alpha value is -0.610. The molecule has 0 aromatic carbocycles. The fourth-order valence-electron chi connectivity index (χ4n) is 3.18. The molecule has 3 heterocycles. The normalized spacial score (nSPS) is 37.1. The Morgan fingerprint density at radius 1 is 1.25 bits per heavy atom. The summed E-state index contributed by atoms with van der Waals surface area (Å²) < 4.78 is 5.26. The molecule has 0 bridgehead atoms. The number of rotatable bonds is 1. The molecule has 4 nitrogen and oxygen atoms in total. The van der Waals surface area contributed by atoms with E-state index in [9.17, 15) is 4.79 Å². The van der Waals surface area contributed by atoms with Crippen LogP contribution >= 0.6 is 0 Å². The summed E-state index contributed by atoms with van der Waals surface area (Å²) in [5.74, 6) is 1.60. The summed E-state index contributed by atoms with van der Waals surface area (Å²) in [6, 6.07) is 0.660. The van der Waals surface area contributed by atoms with Crippen molar-refractivity contribution < 1.29 is 9.53 Å². The lowest BCUT2D eigenvalue weighted by molar-refractivity contribution is -0.122. The first kappa shape index (κ1) is 10.5. The minimum absolute atomic E-state index is 0.257. The van der Waals surface area contributed by atoms with E-state index in [1.165, 1.54) is 13.0 Å². The Kier molecular flexibility index (Phi) is 2.86. The van der Waals surface area contributed by atoms with Crippen molar-refractivity contribution in [3.8, 4) is 0 Å². The highest BCUT2D eigenvalue weighted by Crippen LogP contribution is 2.32. The second-order valence-corrected chi connectivity index (χ2v) is 5.34. The molecule has 3 aliphatic heterocycles. The zero-order valence-electron chi connectivity index (χ0n) is 9.65. The van der Waals surface area contributed by atoms with Gasteiger partial charge in [0.25, 0.3) is 0 Å². The fraction of sp³-hybridized carbons (Fsp3) is 0.917. The van der Waals surface area contributed by atoms with Crippen molar-refractivity contribution in [2.24, 2.45) is 11.8 Å². The number of hydrogen-bond donors (Lipinski definition) is 1.